The fourth-order valence-corrected chi connectivity index (χ4v) is 4.26. The van der Waals surface area contributed by atoms with Crippen LogP contribution in [0.15, 0.2) is 18.2 Å². The summed E-state index contributed by atoms with van der Waals surface area (Å²) < 4.78 is 75.7. The van der Waals surface area contributed by atoms with Crippen molar-refractivity contribution < 1.29 is 35.9 Å². The molecule has 0 aromatic heterocycles. The third kappa shape index (κ3) is 8.35. The van der Waals surface area contributed by atoms with Crippen molar-refractivity contribution in [3.63, 3.8) is 0 Å². The molecule has 2 rings (SSSR count). The Labute approximate surface area is 193 Å². The predicted molar refractivity (Wildman–Crippen MR) is 119 cm³/mol. The van der Waals surface area contributed by atoms with Crippen LogP contribution < -0.4 is 9.46 Å². The molecule has 1 aliphatic rings. The Morgan fingerprint density at radius 2 is 1.91 bits per heavy atom. The molecule has 1 amide bonds. The second-order valence-corrected chi connectivity index (χ2v) is 10.3. The molecule has 0 bridgehead atoms. The molecule has 33 heavy (non-hydrogen) atoms. The molecule has 1 N–H and O–H groups in total. The number of nitrogens with one attached hydrogen (secondary N) is 1. The van der Waals surface area contributed by atoms with Gasteiger partial charge in [-0.2, -0.15) is 13.2 Å². The highest BCUT2D eigenvalue weighted by Crippen LogP contribution is 2.28. The van der Waals surface area contributed by atoms with Gasteiger partial charge in [0.05, 0.1) is 30.0 Å². The van der Waals surface area contributed by atoms with Crippen LogP contribution in [0.4, 0.5) is 18.9 Å². The van der Waals surface area contributed by atoms with Crippen LogP contribution >= 0.6 is 0 Å². The predicted octanol–water partition coefficient (Wildman–Crippen LogP) is 2.82. The molecule has 1 aromatic carbocycles. The van der Waals surface area contributed by atoms with Crippen LogP contribution in [0, 0.1) is 5.92 Å². The minimum Gasteiger partial charge on any atom is -0.491 e. The quantitative estimate of drug-likeness (QED) is 0.676. The molecule has 1 heterocycles. The average Bonchev–Trinajstić information content (AvgIpc) is 2.69. The van der Waals surface area contributed by atoms with Crippen molar-refractivity contribution >= 4 is 21.6 Å². The number of rotatable bonds is 5. The van der Waals surface area contributed by atoms with Gasteiger partial charge in [0.2, 0.25) is 10.0 Å². The van der Waals surface area contributed by atoms with Gasteiger partial charge in [0.25, 0.3) is 5.91 Å². The second-order valence-electron chi connectivity index (χ2n) is 8.54. The van der Waals surface area contributed by atoms with Gasteiger partial charge < -0.3 is 14.4 Å². The number of alkyl halides is 3. The molecule has 0 unspecified atom stereocenters. The molecule has 188 valence electrons. The fourth-order valence-electron chi connectivity index (χ4n) is 3.71. The molecule has 1 aromatic rings. The zero-order valence-electron chi connectivity index (χ0n) is 19.5. The number of hydrogen-bond donors (Lipinski definition) is 1. The first-order chi connectivity index (χ1) is 15.2. The summed E-state index contributed by atoms with van der Waals surface area (Å²) in [6.45, 7) is 3.98. The lowest BCUT2D eigenvalue weighted by Crippen LogP contribution is -2.47. The van der Waals surface area contributed by atoms with Gasteiger partial charge in [0, 0.05) is 45.9 Å². The highest BCUT2D eigenvalue weighted by atomic mass is 32.2. The average molecular weight is 496 g/mol. The Balaban J connectivity index is 2.42. The Morgan fingerprint density at radius 1 is 1.24 bits per heavy atom. The van der Waals surface area contributed by atoms with Crippen LogP contribution in [0.5, 0.6) is 5.75 Å². The second kappa shape index (κ2) is 10.9. The van der Waals surface area contributed by atoms with E-state index < -0.39 is 34.8 Å². The van der Waals surface area contributed by atoms with Gasteiger partial charge in [-0.15, -0.1) is 0 Å². The third-order valence-corrected chi connectivity index (χ3v) is 6.17. The molecule has 0 saturated heterocycles. The number of fused-ring (bicyclic) bond motifs is 1. The summed E-state index contributed by atoms with van der Waals surface area (Å²) in [4.78, 5) is 16.3. The summed E-state index contributed by atoms with van der Waals surface area (Å²) in [6, 6.07) is 3.91. The number of anilines is 1. The van der Waals surface area contributed by atoms with E-state index >= 15 is 0 Å². The Bertz CT molecular complexity index is 926. The number of benzene rings is 1. The molecule has 0 radical (unpaired) electrons. The number of nitrogens with zero attached hydrogens (tertiary/aromatic N) is 2. The number of sulfonamides is 1. The standard InChI is InChI=1S/C21H32F3N3O5S/c1-14-11-27(9-8-21(22,23)24)15(2)13-32-18-10-16(25-33(5,29)30)6-7-17(18)20(28)26(3)12-19(14)31-4/h6-7,10,14-15,19,25H,8-9,11-13H2,1-5H3/t14-,15+,19+/m1/s1. The van der Waals surface area contributed by atoms with E-state index in [9.17, 15) is 26.4 Å². The van der Waals surface area contributed by atoms with Crippen LogP contribution in [0.3, 0.4) is 0 Å². The van der Waals surface area contributed by atoms with Gasteiger partial charge in [0.15, 0.2) is 0 Å². The Morgan fingerprint density at radius 3 is 2.48 bits per heavy atom. The summed E-state index contributed by atoms with van der Waals surface area (Å²) in [6.07, 6.45) is -4.65. The lowest BCUT2D eigenvalue weighted by molar-refractivity contribution is -0.140. The largest absolute Gasteiger partial charge is 0.491 e. The van der Waals surface area contributed by atoms with Crippen LogP contribution in [0.2, 0.25) is 0 Å². The maximum atomic E-state index is 13.1. The third-order valence-electron chi connectivity index (χ3n) is 5.56. The maximum Gasteiger partial charge on any atom is 0.390 e. The monoisotopic (exact) mass is 495 g/mol. The number of hydrogen-bond acceptors (Lipinski definition) is 6. The van der Waals surface area contributed by atoms with E-state index in [0.29, 0.717) is 6.54 Å². The lowest BCUT2D eigenvalue weighted by Gasteiger charge is -2.36. The molecule has 1 aliphatic heterocycles. The van der Waals surface area contributed by atoms with E-state index in [2.05, 4.69) is 4.72 Å². The number of ether oxygens (including phenoxy) is 2. The molecule has 8 nitrogen and oxygen atoms in total. The fraction of sp³-hybridized carbons (Fsp3) is 0.667. The number of amides is 1. The lowest BCUT2D eigenvalue weighted by atomic mass is 10.0. The number of halogens is 3. The van der Waals surface area contributed by atoms with Gasteiger partial charge in [-0.25, -0.2) is 8.42 Å². The minimum atomic E-state index is -4.29. The van der Waals surface area contributed by atoms with Gasteiger partial charge in [-0.05, 0) is 25.0 Å². The van der Waals surface area contributed by atoms with Crippen molar-refractivity contribution in [3.05, 3.63) is 23.8 Å². The highest BCUT2D eigenvalue weighted by molar-refractivity contribution is 7.92. The molecule has 12 heteroatoms. The zero-order valence-corrected chi connectivity index (χ0v) is 20.3. The number of carbonyl (C=O) groups excluding carboxylic acids is 1. The molecule has 0 saturated carbocycles. The van der Waals surface area contributed by atoms with Crippen molar-refractivity contribution in [2.75, 3.05) is 51.4 Å². The molecule has 0 spiro atoms. The van der Waals surface area contributed by atoms with Crippen molar-refractivity contribution in [2.24, 2.45) is 5.92 Å². The summed E-state index contributed by atoms with van der Waals surface area (Å²) in [5, 5.41) is 0. The van der Waals surface area contributed by atoms with E-state index in [1.165, 1.54) is 30.2 Å². The van der Waals surface area contributed by atoms with E-state index in [1.807, 2.05) is 6.92 Å². The van der Waals surface area contributed by atoms with Crippen LogP contribution in [0.1, 0.15) is 30.6 Å². The van der Waals surface area contributed by atoms with Gasteiger partial charge in [-0.1, -0.05) is 6.92 Å². The summed E-state index contributed by atoms with van der Waals surface area (Å²) in [7, 11) is -0.448. The Hall–Kier alpha value is -2.05. The first-order valence-electron chi connectivity index (χ1n) is 10.5. The maximum absolute atomic E-state index is 13.1. The van der Waals surface area contributed by atoms with Crippen molar-refractivity contribution in [1.82, 2.24) is 9.80 Å². The molecule has 0 aliphatic carbocycles. The van der Waals surface area contributed by atoms with Gasteiger partial charge >= 0.3 is 6.18 Å². The summed E-state index contributed by atoms with van der Waals surface area (Å²) in [5.74, 6) is -0.348. The van der Waals surface area contributed by atoms with E-state index in [0.717, 1.165) is 6.26 Å². The van der Waals surface area contributed by atoms with Crippen molar-refractivity contribution in [2.45, 2.75) is 38.6 Å². The van der Waals surface area contributed by atoms with E-state index in [1.54, 1.807) is 18.9 Å². The smallest absolute Gasteiger partial charge is 0.390 e. The highest BCUT2D eigenvalue weighted by Gasteiger charge is 2.32. The molecular formula is C21H32F3N3O5S. The first kappa shape index (κ1) is 27.2. The van der Waals surface area contributed by atoms with Gasteiger partial charge in [0.1, 0.15) is 12.4 Å². The Kier molecular flexibility index (Phi) is 9.00. The number of methoxy groups -OCH3 is 1. The molecule has 0 fully saturated rings. The minimum absolute atomic E-state index is 0.00848. The van der Waals surface area contributed by atoms with Crippen LogP contribution in [0.25, 0.3) is 0 Å². The zero-order chi connectivity index (χ0) is 25.0. The first-order valence-corrected chi connectivity index (χ1v) is 12.4. The normalized spacial score (nSPS) is 23.8. The SMILES string of the molecule is CO[C@H]1CN(C)C(=O)c2ccc(NS(C)(=O)=O)cc2OC[C@H](C)N(CCC(F)(F)F)C[C@H]1C. The van der Waals surface area contributed by atoms with E-state index in [-0.39, 0.29) is 48.5 Å². The van der Waals surface area contributed by atoms with Gasteiger partial charge in [-0.3, -0.25) is 14.4 Å². The van der Waals surface area contributed by atoms with Crippen molar-refractivity contribution in [1.29, 1.82) is 0 Å². The van der Waals surface area contributed by atoms with Crippen molar-refractivity contribution in [3.8, 4) is 5.75 Å². The van der Waals surface area contributed by atoms with Crippen LogP contribution in [-0.2, 0) is 14.8 Å². The number of carbonyl (C=O) groups is 1. The topological polar surface area (TPSA) is 88.2 Å². The number of likely N-dealkylation sites (N-methyl/N-ethyl adjacent to an activating group) is 1. The molecule has 3 atom stereocenters. The summed E-state index contributed by atoms with van der Waals surface area (Å²) >= 11 is 0. The molecular weight excluding hydrogens is 463 g/mol. The summed E-state index contributed by atoms with van der Waals surface area (Å²) in [5.41, 5.74) is 0.428. The van der Waals surface area contributed by atoms with Crippen LogP contribution in [-0.4, -0.2) is 89.1 Å². The van der Waals surface area contributed by atoms with E-state index in [4.69, 9.17) is 9.47 Å².